The highest BCUT2D eigenvalue weighted by Gasteiger charge is 2.18. The summed E-state index contributed by atoms with van der Waals surface area (Å²) in [7, 11) is 0. The minimum absolute atomic E-state index is 0.0540. The maximum atomic E-state index is 13.8. The molecule has 1 N–H and O–H groups in total. The summed E-state index contributed by atoms with van der Waals surface area (Å²) in [6.45, 7) is 3.01. The van der Waals surface area contributed by atoms with E-state index in [2.05, 4.69) is 10.3 Å². The Kier molecular flexibility index (Phi) is 5.62. The summed E-state index contributed by atoms with van der Waals surface area (Å²) < 4.78 is 33.1. The van der Waals surface area contributed by atoms with Gasteiger partial charge in [-0.25, -0.2) is 13.8 Å². The van der Waals surface area contributed by atoms with E-state index in [4.69, 9.17) is 4.42 Å². The van der Waals surface area contributed by atoms with Gasteiger partial charge in [-0.1, -0.05) is 42.5 Å². The number of hydrogen-bond donors (Lipinski definition) is 1. The van der Waals surface area contributed by atoms with Crippen LogP contribution in [0.5, 0.6) is 0 Å². The molecule has 1 aromatic heterocycles. The molecule has 0 saturated carbocycles. The Labute approximate surface area is 178 Å². The zero-order chi connectivity index (χ0) is 22.0. The third-order valence-electron chi connectivity index (χ3n) is 5.13. The standard InChI is InChI=1S/C25H20F2N2O2/c1-15-21(26)12-20(13-22(15)27)16(2)28-24(30)23-14-31-25(29-23)19-10-8-18(9-11-19)17-6-4-3-5-7-17/h3-14,16H,1-2H3,(H,28,30)/t16-/m1/s1. The molecule has 1 amide bonds. The number of benzene rings is 3. The van der Waals surface area contributed by atoms with Gasteiger partial charge in [0.25, 0.3) is 5.91 Å². The van der Waals surface area contributed by atoms with Gasteiger partial charge in [0.1, 0.15) is 17.9 Å². The number of amides is 1. The van der Waals surface area contributed by atoms with Gasteiger partial charge in [-0.05, 0) is 54.8 Å². The first-order chi connectivity index (χ1) is 14.9. The third kappa shape index (κ3) is 4.38. The Morgan fingerprint density at radius 2 is 1.52 bits per heavy atom. The number of nitrogens with zero attached hydrogens (tertiary/aromatic N) is 1. The lowest BCUT2D eigenvalue weighted by atomic mass is 10.0. The van der Waals surface area contributed by atoms with E-state index < -0.39 is 23.6 Å². The highest BCUT2D eigenvalue weighted by molar-refractivity contribution is 5.92. The lowest BCUT2D eigenvalue weighted by molar-refractivity contribution is 0.0934. The number of oxazole rings is 1. The van der Waals surface area contributed by atoms with Crippen molar-refractivity contribution in [1.29, 1.82) is 0 Å². The first-order valence-corrected chi connectivity index (χ1v) is 9.80. The van der Waals surface area contributed by atoms with E-state index in [1.807, 2.05) is 54.6 Å². The van der Waals surface area contributed by atoms with Crippen molar-refractivity contribution in [2.45, 2.75) is 19.9 Å². The van der Waals surface area contributed by atoms with Crippen LogP contribution in [0.1, 0.15) is 34.6 Å². The van der Waals surface area contributed by atoms with Crippen molar-refractivity contribution in [3.8, 4) is 22.6 Å². The molecule has 156 valence electrons. The quantitative estimate of drug-likeness (QED) is 0.427. The first kappa shape index (κ1) is 20.5. The molecule has 4 nitrogen and oxygen atoms in total. The number of rotatable bonds is 5. The molecule has 0 aliphatic rings. The Hall–Kier alpha value is -3.80. The van der Waals surface area contributed by atoms with E-state index in [1.165, 1.54) is 25.3 Å². The molecule has 0 aliphatic heterocycles. The van der Waals surface area contributed by atoms with Crippen molar-refractivity contribution in [2.75, 3.05) is 0 Å². The second-order valence-electron chi connectivity index (χ2n) is 7.29. The highest BCUT2D eigenvalue weighted by Crippen LogP contribution is 2.25. The summed E-state index contributed by atoms with van der Waals surface area (Å²) in [6.07, 6.45) is 1.26. The fraction of sp³-hybridized carbons (Fsp3) is 0.120. The lowest BCUT2D eigenvalue weighted by Gasteiger charge is -2.14. The summed E-state index contributed by atoms with van der Waals surface area (Å²) in [6, 6.07) is 19.4. The number of carbonyl (C=O) groups excluding carboxylic acids is 1. The van der Waals surface area contributed by atoms with Crippen LogP contribution in [-0.2, 0) is 0 Å². The lowest BCUT2D eigenvalue weighted by Crippen LogP contribution is -2.27. The van der Waals surface area contributed by atoms with Crippen LogP contribution in [0.25, 0.3) is 22.6 Å². The number of nitrogens with one attached hydrogen (secondary N) is 1. The summed E-state index contributed by atoms with van der Waals surface area (Å²) >= 11 is 0. The van der Waals surface area contributed by atoms with Crippen molar-refractivity contribution in [3.05, 3.63) is 101 Å². The van der Waals surface area contributed by atoms with Gasteiger partial charge in [-0.3, -0.25) is 4.79 Å². The molecule has 0 spiro atoms. The fourth-order valence-corrected chi connectivity index (χ4v) is 3.22. The molecular weight excluding hydrogens is 398 g/mol. The van der Waals surface area contributed by atoms with E-state index in [0.717, 1.165) is 16.7 Å². The summed E-state index contributed by atoms with van der Waals surface area (Å²) in [5.41, 5.74) is 3.24. The van der Waals surface area contributed by atoms with Crippen molar-refractivity contribution < 1.29 is 18.0 Å². The van der Waals surface area contributed by atoms with Crippen molar-refractivity contribution in [1.82, 2.24) is 10.3 Å². The van der Waals surface area contributed by atoms with E-state index in [0.29, 0.717) is 11.5 Å². The van der Waals surface area contributed by atoms with Crippen LogP contribution < -0.4 is 5.32 Å². The predicted octanol–water partition coefficient (Wildman–Crippen LogP) is 6.09. The molecule has 1 atom stereocenters. The fourth-order valence-electron chi connectivity index (χ4n) is 3.22. The molecule has 1 heterocycles. The highest BCUT2D eigenvalue weighted by atomic mass is 19.1. The molecule has 0 radical (unpaired) electrons. The Bertz CT molecular complexity index is 1200. The minimum atomic E-state index is -0.654. The van der Waals surface area contributed by atoms with Crippen LogP contribution >= 0.6 is 0 Å². The Balaban J connectivity index is 1.47. The van der Waals surface area contributed by atoms with Crippen LogP contribution in [0.2, 0.25) is 0 Å². The number of halogens is 2. The van der Waals surface area contributed by atoms with Crippen LogP contribution in [0, 0.1) is 18.6 Å². The Morgan fingerprint density at radius 3 is 2.16 bits per heavy atom. The average molecular weight is 418 g/mol. The minimum Gasteiger partial charge on any atom is -0.444 e. The monoisotopic (exact) mass is 418 g/mol. The topological polar surface area (TPSA) is 55.1 Å². The molecule has 0 fully saturated rings. The maximum absolute atomic E-state index is 13.8. The molecule has 0 aliphatic carbocycles. The molecule has 3 aromatic carbocycles. The van der Waals surface area contributed by atoms with Crippen LogP contribution in [0.15, 0.2) is 77.4 Å². The molecule has 4 rings (SSSR count). The van der Waals surface area contributed by atoms with Gasteiger partial charge in [0.2, 0.25) is 5.89 Å². The van der Waals surface area contributed by atoms with Crippen molar-refractivity contribution in [2.24, 2.45) is 0 Å². The van der Waals surface area contributed by atoms with E-state index >= 15 is 0 Å². The third-order valence-corrected chi connectivity index (χ3v) is 5.13. The van der Waals surface area contributed by atoms with Crippen LogP contribution in [-0.4, -0.2) is 10.9 Å². The Morgan fingerprint density at radius 1 is 0.935 bits per heavy atom. The van der Waals surface area contributed by atoms with Gasteiger partial charge in [-0.2, -0.15) is 0 Å². The summed E-state index contributed by atoms with van der Waals surface area (Å²) in [5.74, 6) is -1.49. The molecule has 0 bridgehead atoms. The molecule has 31 heavy (non-hydrogen) atoms. The molecule has 4 aromatic rings. The predicted molar refractivity (Wildman–Crippen MR) is 114 cm³/mol. The van der Waals surface area contributed by atoms with Crippen LogP contribution in [0.4, 0.5) is 8.78 Å². The second kappa shape index (κ2) is 8.52. The molecule has 0 unspecified atom stereocenters. The SMILES string of the molecule is Cc1c(F)cc([C@@H](C)NC(=O)c2coc(-c3ccc(-c4ccccc4)cc3)n2)cc1F. The van der Waals surface area contributed by atoms with Gasteiger partial charge in [0, 0.05) is 11.1 Å². The van der Waals surface area contributed by atoms with Gasteiger partial charge in [0.15, 0.2) is 5.69 Å². The first-order valence-electron chi connectivity index (χ1n) is 9.80. The van der Waals surface area contributed by atoms with Gasteiger partial charge in [0.05, 0.1) is 6.04 Å². The normalized spacial score (nSPS) is 11.9. The number of carbonyl (C=O) groups is 1. The largest absolute Gasteiger partial charge is 0.444 e. The van der Waals surface area contributed by atoms with E-state index in [9.17, 15) is 13.6 Å². The molecule has 0 saturated heterocycles. The van der Waals surface area contributed by atoms with Gasteiger partial charge < -0.3 is 9.73 Å². The zero-order valence-electron chi connectivity index (χ0n) is 17.0. The van der Waals surface area contributed by atoms with Gasteiger partial charge in [-0.15, -0.1) is 0 Å². The molecule has 6 heteroatoms. The number of aromatic nitrogens is 1. The summed E-state index contributed by atoms with van der Waals surface area (Å²) in [5, 5.41) is 2.69. The smallest absolute Gasteiger partial charge is 0.273 e. The van der Waals surface area contributed by atoms with Crippen LogP contribution in [0.3, 0.4) is 0 Å². The molecular formula is C25H20F2N2O2. The van der Waals surface area contributed by atoms with Crippen molar-refractivity contribution in [3.63, 3.8) is 0 Å². The second-order valence-corrected chi connectivity index (χ2v) is 7.29. The van der Waals surface area contributed by atoms with Crippen molar-refractivity contribution >= 4 is 5.91 Å². The van der Waals surface area contributed by atoms with Gasteiger partial charge >= 0.3 is 0 Å². The van der Waals surface area contributed by atoms with E-state index in [-0.39, 0.29) is 11.3 Å². The number of hydrogen-bond acceptors (Lipinski definition) is 3. The van der Waals surface area contributed by atoms with E-state index in [1.54, 1.807) is 6.92 Å². The zero-order valence-corrected chi connectivity index (χ0v) is 17.0. The maximum Gasteiger partial charge on any atom is 0.273 e. The average Bonchev–Trinajstić information content (AvgIpc) is 3.28. The summed E-state index contributed by atoms with van der Waals surface area (Å²) in [4.78, 5) is 16.8.